The van der Waals surface area contributed by atoms with Crippen LogP contribution >= 0.6 is 27.3 Å². The molecule has 1 aromatic rings. The maximum atomic E-state index is 11.5. The normalized spacial score (nSPS) is 10.3. The SMILES string of the molecule is O=C(O)CCCCNC(=O)CCc1cc(Br)cs1. The Morgan fingerprint density at radius 2 is 2.11 bits per heavy atom. The Bertz CT molecular complexity index is 406. The van der Waals surface area contributed by atoms with E-state index < -0.39 is 5.97 Å². The van der Waals surface area contributed by atoms with Gasteiger partial charge in [0.25, 0.3) is 0 Å². The highest BCUT2D eigenvalue weighted by Gasteiger charge is 2.04. The highest BCUT2D eigenvalue weighted by molar-refractivity contribution is 9.10. The number of carbonyl (C=O) groups excluding carboxylic acids is 1. The Morgan fingerprint density at radius 3 is 2.72 bits per heavy atom. The maximum Gasteiger partial charge on any atom is 0.303 e. The molecule has 18 heavy (non-hydrogen) atoms. The average molecular weight is 334 g/mol. The second-order valence-corrected chi connectivity index (χ2v) is 5.84. The molecular formula is C12H16BrNO3S. The molecule has 0 spiro atoms. The number of nitrogens with one attached hydrogen (secondary N) is 1. The van der Waals surface area contributed by atoms with Gasteiger partial charge in [-0.2, -0.15) is 0 Å². The molecule has 0 radical (unpaired) electrons. The van der Waals surface area contributed by atoms with E-state index in [0.29, 0.717) is 25.8 Å². The van der Waals surface area contributed by atoms with Crippen molar-refractivity contribution in [3.05, 3.63) is 20.8 Å². The summed E-state index contributed by atoms with van der Waals surface area (Å²) in [7, 11) is 0. The lowest BCUT2D eigenvalue weighted by Crippen LogP contribution is -2.24. The predicted octanol–water partition coefficient (Wildman–Crippen LogP) is 2.81. The molecule has 0 bridgehead atoms. The van der Waals surface area contributed by atoms with Crippen LogP contribution in [0.5, 0.6) is 0 Å². The molecule has 6 heteroatoms. The molecule has 4 nitrogen and oxygen atoms in total. The second-order valence-electron chi connectivity index (χ2n) is 3.93. The number of unbranched alkanes of at least 4 members (excludes halogenated alkanes) is 1. The molecule has 0 saturated heterocycles. The number of carbonyl (C=O) groups is 2. The van der Waals surface area contributed by atoms with E-state index >= 15 is 0 Å². The van der Waals surface area contributed by atoms with Crippen LogP contribution in [-0.2, 0) is 16.0 Å². The first-order chi connectivity index (χ1) is 8.58. The summed E-state index contributed by atoms with van der Waals surface area (Å²) in [5.41, 5.74) is 0. The van der Waals surface area contributed by atoms with E-state index in [1.807, 2.05) is 11.4 Å². The van der Waals surface area contributed by atoms with Crippen molar-refractivity contribution in [1.29, 1.82) is 0 Å². The molecule has 0 aliphatic heterocycles. The molecule has 0 fully saturated rings. The van der Waals surface area contributed by atoms with E-state index in [1.165, 1.54) is 4.88 Å². The lowest BCUT2D eigenvalue weighted by molar-refractivity contribution is -0.137. The minimum absolute atomic E-state index is 0.0230. The lowest BCUT2D eigenvalue weighted by Gasteiger charge is -2.03. The first kappa shape index (κ1) is 15.2. The summed E-state index contributed by atoms with van der Waals surface area (Å²) in [5, 5.41) is 13.2. The van der Waals surface area contributed by atoms with Gasteiger partial charge in [0.2, 0.25) is 5.91 Å². The molecule has 0 atom stereocenters. The summed E-state index contributed by atoms with van der Waals surface area (Å²) < 4.78 is 1.05. The molecule has 0 aliphatic rings. The number of hydrogen-bond acceptors (Lipinski definition) is 3. The number of hydrogen-bond donors (Lipinski definition) is 2. The van der Waals surface area contributed by atoms with Gasteiger partial charge in [0.15, 0.2) is 0 Å². The van der Waals surface area contributed by atoms with Crippen molar-refractivity contribution in [2.45, 2.75) is 32.1 Å². The summed E-state index contributed by atoms with van der Waals surface area (Å²) in [6.07, 6.45) is 2.71. The van der Waals surface area contributed by atoms with Crippen LogP contribution in [0.15, 0.2) is 15.9 Å². The Labute approximate surface area is 119 Å². The molecule has 0 saturated carbocycles. The van der Waals surface area contributed by atoms with E-state index in [-0.39, 0.29) is 12.3 Å². The van der Waals surface area contributed by atoms with Crippen LogP contribution in [0.2, 0.25) is 0 Å². The molecule has 0 aliphatic carbocycles. The summed E-state index contributed by atoms with van der Waals surface area (Å²) in [6.45, 7) is 0.556. The summed E-state index contributed by atoms with van der Waals surface area (Å²) in [5.74, 6) is -0.764. The van der Waals surface area contributed by atoms with Crippen LogP contribution < -0.4 is 5.32 Å². The van der Waals surface area contributed by atoms with Crippen molar-refractivity contribution in [2.24, 2.45) is 0 Å². The number of carboxylic acid groups (broad SMARTS) is 1. The zero-order valence-electron chi connectivity index (χ0n) is 9.95. The Hall–Kier alpha value is -0.880. The van der Waals surface area contributed by atoms with Gasteiger partial charge in [0.1, 0.15) is 0 Å². The molecule has 1 rings (SSSR count). The number of halogens is 1. The summed E-state index contributed by atoms with van der Waals surface area (Å²) in [4.78, 5) is 22.9. The first-order valence-electron chi connectivity index (χ1n) is 5.79. The van der Waals surface area contributed by atoms with Gasteiger partial charge in [-0.05, 0) is 41.3 Å². The third kappa shape index (κ3) is 6.76. The fraction of sp³-hybridized carbons (Fsp3) is 0.500. The van der Waals surface area contributed by atoms with Crippen molar-refractivity contribution < 1.29 is 14.7 Å². The average Bonchev–Trinajstić information content (AvgIpc) is 2.71. The number of aliphatic carboxylic acids is 1. The number of thiophene rings is 1. The Morgan fingerprint density at radius 1 is 1.33 bits per heavy atom. The fourth-order valence-corrected chi connectivity index (χ4v) is 2.89. The van der Waals surface area contributed by atoms with E-state index in [1.54, 1.807) is 11.3 Å². The van der Waals surface area contributed by atoms with Gasteiger partial charge >= 0.3 is 5.97 Å². The van der Waals surface area contributed by atoms with Crippen molar-refractivity contribution in [2.75, 3.05) is 6.54 Å². The molecular weight excluding hydrogens is 318 g/mol. The second kappa shape index (κ2) is 8.26. The Kier molecular flexibility index (Phi) is 6.97. The molecule has 0 aromatic carbocycles. The largest absolute Gasteiger partial charge is 0.481 e. The fourth-order valence-electron chi connectivity index (χ4n) is 1.44. The van der Waals surface area contributed by atoms with Gasteiger partial charge in [-0.1, -0.05) is 0 Å². The van der Waals surface area contributed by atoms with Crippen molar-refractivity contribution in [3.8, 4) is 0 Å². The lowest BCUT2D eigenvalue weighted by atomic mass is 10.2. The first-order valence-corrected chi connectivity index (χ1v) is 7.46. The van der Waals surface area contributed by atoms with Crippen LogP contribution in [0, 0.1) is 0 Å². The van der Waals surface area contributed by atoms with Gasteiger partial charge < -0.3 is 10.4 Å². The molecule has 0 unspecified atom stereocenters. The van der Waals surface area contributed by atoms with Gasteiger partial charge in [0, 0.05) is 34.1 Å². The molecule has 1 aromatic heterocycles. The predicted molar refractivity (Wildman–Crippen MR) is 74.8 cm³/mol. The van der Waals surface area contributed by atoms with Crippen LogP contribution in [0.25, 0.3) is 0 Å². The van der Waals surface area contributed by atoms with Crippen LogP contribution in [0.4, 0.5) is 0 Å². The van der Waals surface area contributed by atoms with Gasteiger partial charge in [0.05, 0.1) is 0 Å². The van der Waals surface area contributed by atoms with E-state index in [2.05, 4.69) is 21.2 Å². The standard InChI is InChI=1S/C12H16BrNO3S/c13-9-7-10(18-8-9)4-5-11(15)14-6-2-1-3-12(16)17/h7-8H,1-6H2,(H,14,15)(H,16,17). The van der Waals surface area contributed by atoms with Gasteiger partial charge in [-0.3, -0.25) is 9.59 Å². The number of amides is 1. The molecule has 100 valence electrons. The van der Waals surface area contributed by atoms with E-state index in [0.717, 1.165) is 10.9 Å². The van der Waals surface area contributed by atoms with Crippen molar-refractivity contribution in [1.82, 2.24) is 5.32 Å². The van der Waals surface area contributed by atoms with Crippen LogP contribution in [0.3, 0.4) is 0 Å². The van der Waals surface area contributed by atoms with E-state index in [9.17, 15) is 9.59 Å². The quantitative estimate of drug-likeness (QED) is 0.719. The topological polar surface area (TPSA) is 66.4 Å². The summed E-state index contributed by atoms with van der Waals surface area (Å²) >= 11 is 5.01. The van der Waals surface area contributed by atoms with Crippen molar-refractivity contribution >= 4 is 39.1 Å². The van der Waals surface area contributed by atoms with Crippen LogP contribution in [0.1, 0.15) is 30.6 Å². The molecule has 1 amide bonds. The van der Waals surface area contributed by atoms with E-state index in [4.69, 9.17) is 5.11 Å². The third-order valence-corrected chi connectivity index (χ3v) is 4.12. The number of carboxylic acids is 1. The molecule has 2 N–H and O–H groups in total. The summed E-state index contributed by atoms with van der Waals surface area (Å²) in [6, 6.07) is 2.02. The molecule has 1 heterocycles. The third-order valence-electron chi connectivity index (χ3n) is 2.36. The highest BCUT2D eigenvalue weighted by Crippen LogP contribution is 2.20. The smallest absolute Gasteiger partial charge is 0.303 e. The zero-order valence-corrected chi connectivity index (χ0v) is 12.3. The Balaban J connectivity index is 2.05. The number of aryl methyl sites for hydroxylation is 1. The van der Waals surface area contributed by atoms with Crippen molar-refractivity contribution in [3.63, 3.8) is 0 Å². The minimum atomic E-state index is -0.787. The monoisotopic (exact) mass is 333 g/mol. The highest BCUT2D eigenvalue weighted by atomic mass is 79.9. The van der Waals surface area contributed by atoms with Gasteiger partial charge in [-0.25, -0.2) is 0 Å². The van der Waals surface area contributed by atoms with Gasteiger partial charge in [-0.15, -0.1) is 11.3 Å². The maximum absolute atomic E-state index is 11.5. The van der Waals surface area contributed by atoms with Crippen LogP contribution in [-0.4, -0.2) is 23.5 Å². The zero-order chi connectivity index (χ0) is 13.4. The number of rotatable bonds is 8. The minimum Gasteiger partial charge on any atom is -0.481 e.